The van der Waals surface area contributed by atoms with Gasteiger partial charge < -0.3 is 14.6 Å². The van der Waals surface area contributed by atoms with Gasteiger partial charge in [-0.15, -0.1) is 0 Å². The van der Waals surface area contributed by atoms with Gasteiger partial charge in [0.2, 0.25) is 0 Å². The Kier molecular flexibility index (Phi) is 6.10. The van der Waals surface area contributed by atoms with E-state index in [9.17, 15) is 23.5 Å². The van der Waals surface area contributed by atoms with Crippen molar-refractivity contribution in [2.45, 2.75) is 13.5 Å². The van der Waals surface area contributed by atoms with Gasteiger partial charge in [0.05, 0.1) is 6.61 Å². The summed E-state index contributed by atoms with van der Waals surface area (Å²) < 4.78 is 32.8. The summed E-state index contributed by atoms with van der Waals surface area (Å²) in [5, 5.41) is 9.73. The molecule has 114 valence electrons. The number of carbonyl (C=O) groups is 2. The molecular weight excluding hydrogens is 310 g/mol. The topological polar surface area (TPSA) is 72.8 Å². The first kappa shape index (κ1) is 16.9. The van der Waals surface area contributed by atoms with E-state index in [-0.39, 0.29) is 22.9 Å². The number of hydrogen-bond donors (Lipinski definition) is 1. The van der Waals surface area contributed by atoms with Crippen LogP contribution >= 0.6 is 11.6 Å². The Labute approximate surface area is 123 Å². The summed E-state index contributed by atoms with van der Waals surface area (Å²) in [6, 6.07) is 3.37. The fraction of sp³-hybridized carbons (Fsp3) is 0.231. The van der Waals surface area contributed by atoms with E-state index in [1.165, 1.54) is 13.0 Å². The predicted octanol–water partition coefficient (Wildman–Crippen LogP) is 2.97. The van der Waals surface area contributed by atoms with Crippen LogP contribution in [0.4, 0.5) is 8.78 Å². The molecule has 0 aromatic heterocycles. The maximum Gasteiger partial charge on any atom is 0.387 e. The lowest BCUT2D eigenvalue weighted by Gasteiger charge is -2.07. The van der Waals surface area contributed by atoms with Gasteiger partial charge in [-0.25, -0.2) is 4.79 Å². The van der Waals surface area contributed by atoms with Crippen LogP contribution < -0.4 is 4.74 Å². The molecule has 1 N–H and O–H groups in total. The van der Waals surface area contributed by atoms with E-state index >= 15 is 0 Å². The highest BCUT2D eigenvalue weighted by molar-refractivity contribution is 6.39. The second-order valence-corrected chi connectivity index (χ2v) is 4.10. The Morgan fingerprint density at radius 2 is 2.05 bits per heavy atom. The third-order valence-corrected chi connectivity index (χ3v) is 2.35. The molecule has 0 atom stereocenters. The quantitative estimate of drug-likeness (QED) is 0.377. The van der Waals surface area contributed by atoms with Gasteiger partial charge in [0.15, 0.2) is 0 Å². The number of rotatable bonds is 6. The number of halogens is 3. The van der Waals surface area contributed by atoms with E-state index in [4.69, 9.17) is 11.6 Å². The molecule has 1 aromatic rings. The normalized spacial score (nSPS) is 11.4. The molecular formula is C13H11ClF2O5. The minimum absolute atomic E-state index is 0.00270. The van der Waals surface area contributed by atoms with Crippen molar-refractivity contribution in [1.82, 2.24) is 0 Å². The van der Waals surface area contributed by atoms with Crippen LogP contribution in [-0.4, -0.2) is 30.1 Å². The first-order valence-electron chi connectivity index (χ1n) is 5.71. The van der Waals surface area contributed by atoms with Crippen molar-refractivity contribution >= 4 is 29.1 Å². The third-order valence-electron chi connectivity index (χ3n) is 2.14. The average molecular weight is 321 g/mol. The summed E-state index contributed by atoms with van der Waals surface area (Å²) in [5.41, 5.74) is -0.0594. The zero-order chi connectivity index (χ0) is 16.0. The number of esters is 1. The van der Waals surface area contributed by atoms with Crippen molar-refractivity contribution in [1.29, 1.82) is 0 Å². The second-order valence-electron chi connectivity index (χ2n) is 3.67. The Balaban J connectivity index is 3.01. The van der Waals surface area contributed by atoms with Crippen LogP contribution in [0.3, 0.4) is 0 Å². The molecule has 0 radical (unpaired) electrons. The average Bonchev–Trinajstić information content (AvgIpc) is 2.37. The molecule has 0 bridgehead atoms. The Bertz CT molecular complexity index is 572. The van der Waals surface area contributed by atoms with Crippen molar-refractivity contribution in [3.05, 3.63) is 34.9 Å². The lowest BCUT2D eigenvalue weighted by Crippen LogP contribution is -2.15. The van der Waals surface area contributed by atoms with E-state index < -0.39 is 24.1 Å². The van der Waals surface area contributed by atoms with Crippen molar-refractivity contribution in [2.24, 2.45) is 0 Å². The molecule has 0 aliphatic heterocycles. The van der Waals surface area contributed by atoms with Gasteiger partial charge in [-0.2, -0.15) is 8.78 Å². The van der Waals surface area contributed by atoms with Gasteiger partial charge in [0.1, 0.15) is 11.5 Å². The summed E-state index contributed by atoms with van der Waals surface area (Å²) >= 11 is 5.69. The van der Waals surface area contributed by atoms with Gasteiger partial charge in [0.25, 0.3) is 5.78 Å². The van der Waals surface area contributed by atoms with Gasteiger partial charge >= 0.3 is 12.6 Å². The van der Waals surface area contributed by atoms with Crippen molar-refractivity contribution in [2.75, 3.05) is 6.61 Å². The number of benzene rings is 1. The Hall–Kier alpha value is -2.15. The second kappa shape index (κ2) is 7.58. The molecule has 0 amide bonds. The van der Waals surface area contributed by atoms with E-state index in [1.807, 2.05) is 0 Å². The van der Waals surface area contributed by atoms with Crippen LogP contribution in [0.15, 0.2) is 24.3 Å². The molecule has 0 saturated carbocycles. The molecule has 5 nitrogen and oxygen atoms in total. The van der Waals surface area contributed by atoms with Gasteiger partial charge in [-0.1, -0.05) is 11.6 Å². The van der Waals surface area contributed by atoms with E-state index in [1.54, 1.807) is 0 Å². The number of aliphatic hydroxyl groups is 1. The van der Waals surface area contributed by atoms with E-state index in [2.05, 4.69) is 9.47 Å². The van der Waals surface area contributed by atoms with Crippen LogP contribution in [0.2, 0.25) is 5.02 Å². The van der Waals surface area contributed by atoms with Crippen molar-refractivity contribution in [3.8, 4) is 5.75 Å². The predicted molar refractivity (Wildman–Crippen MR) is 70.3 cm³/mol. The summed E-state index contributed by atoms with van der Waals surface area (Å²) in [4.78, 5) is 22.5. The first-order valence-corrected chi connectivity index (χ1v) is 6.08. The first-order chi connectivity index (χ1) is 9.83. The minimum atomic E-state index is -3.07. The van der Waals surface area contributed by atoms with Crippen LogP contribution in [0.25, 0.3) is 5.76 Å². The molecule has 0 unspecified atom stereocenters. The van der Waals surface area contributed by atoms with Crippen molar-refractivity contribution in [3.63, 3.8) is 0 Å². The highest BCUT2D eigenvalue weighted by atomic mass is 35.5. The largest absolute Gasteiger partial charge is 0.507 e. The number of carbonyl (C=O) groups excluding carboxylic acids is 2. The summed E-state index contributed by atoms with van der Waals surface area (Å²) in [5.74, 6) is -3.16. The van der Waals surface area contributed by atoms with Gasteiger partial charge in [-0.3, -0.25) is 4.79 Å². The molecule has 0 saturated heterocycles. The number of hydrogen-bond acceptors (Lipinski definition) is 5. The van der Waals surface area contributed by atoms with Crippen LogP contribution in [0, 0.1) is 0 Å². The fourth-order valence-corrected chi connectivity index (χ4v) is 1.58. The highest BCUT2D eigenvalue weighted by Crippen LogP contribution is 2.25. The van der Waals surface area contributed by atoms with Gasteiger partial charge in [0, 0.05) is 16.7 Å². The number of ketones is 1. The van der Waals surface area contributed by atoms with E-state index in [0.29, 0.717) is 6.08 Å². The highest BCUT2D eigenvalue weighted by Gasteiger charge is 2.15. The van der Waals surface area contributed by atoms with Crippen LogP contribution in [0.1, 0.15) is 12.5 Å². The van der Waals surface area contributed by atoms with Gasteiger partial charge in [-0.05, 0) is 25.1 Å². The minimum Gasteiger partial charge on any atom is -0.507 e. The molecule has 1 aromatic carbocycles. The molecule has 0 aliphatic rings. The Morgan fingerprint density at radius 1 is 1.38 bits per heavy atom. The fourth-order valence-electron chi connectivity index (χ4n) is 1.35. The summed E-state index contributed by atoms with van der Waals surface area (Å²) in [6.45, 7) is -1.55. The zero-order valence-electron chi connectivity index (χ0n) is 10.8. The molecule has 8 heteroatoms. The summed E-state index contributed by atoms with van der Waals surface area (Å²) in [6.07, 6.45) is 0.607. The van der Waals surface area contributed by atoms with Crippen LogP contribution in [-0.2, 0) is 14.3 Å². The van der Waals surface area contributed by atoms with Crippen LogP contribution in [0.5, 0.6) is 5.75 Å². The molecule has 0 fully saturated rings. The standard InChI is InChI=1S/C13H11ClF2O5/c1-2-20-12(19)11(18)6-10(17)7-3-8(14)5-9(4-7)21-13(15)16/h3-6,13,17H,2H2,1H3. The molecule has 21 heavy (non-hydrogen) atoms. The third kappa shape index (κ3) is 5.39. The van der Waals surface area contributed by atoms with E-state index in [0.717, 1.165) is 12.1 Å². The van der Waals surface area contributed by atoms with Crippen molar-refractivity contribution < 1.29 is 33.0 Å². The molecule has 0 aliphatic carbocycles. The Morgan fingerprint density at radius 3 is 2.62 bits per heavy atom. The number of alkyl halides is 2. The lowest BCUT2D eigenvalue weighted by molar-refractivity contribution is -0.151. The summed E-state index contributed by atoms with van der Waals surface area (Å²) in [7, 11) is 0. The number of aliphatic hydroxyl groups excluding tert-OH is 1. The maximum absolute atomic E-state index is 12.1. The number of ether oxygens (including phenoxy) is 2. The molecule has 0 spiro atoms. The SMILES string of the molecule is CCOC(=O)C(=O)C=C(O)c1cc(Cl)cc(OC(F)F)c1. The maximum atomic E-state index is 12.1. The molecule has 1 rings (SSSR count). The molecule has 0 heterocycles. The smallest absolute Gasteiger partial charge is 0.387 e. The lowest BCUT2D eigenvalue weighted by atomic mass is 10.1. The zero-order valence-corrected chi connectivity index (χ0v) is 11.6. The monoisotopic (exact) mass is 320 g/mol.